The fraction of sp³-hybridized carbons (Fsp3) is 0.500. The summed E-state index contributed by atoms with van der Waals surface area (Å²) in [6.07, 6.45) is 0. The second kappa shape index (κ2) is 5.16. The van der Waals surface area contributed by atoms with Crippen LogP contribution in [-0.2, 0) is 0 Å². The van der Waals surface area contributed by atoms with E-state index in [1.54, 1.807) is 0 Å². The zero-order chi connectivity index (χ0) is 12.3. The first-order valence-electron chi connectivity index (χ1n) is 5.08. The summed E-state index contributed by atoms with van der Waals surface area (Å²) in [5.41, 5.74) is 1.53. The molecule has 90 valence electrons. The van der Waals surface area contributed by atoms with Gasteiger partial charge in [-0.25, -0.2) is 4.39 Å². The Morgan fingerprint density at radius 3 is 2.31 bits per heavy atom. The number of aliphatic hydroxyl groups is 1. The highest BCUT2D eigenvalue weighted by atomic mass is 19.1. The van der Waals surface area contributed by atoms with Crippen LogP contribution in [0.1, 0.15) is 24.0 Å². The fourth-order valence-electron chi connectivity index (χ4n) is 1.77. The molecule has 1 rings (SSSR count). The first kappa shape index (κ1) is 12.8. The van der Waals surface area contributed by atoms with E-state index in [4.69, 9.17) is 14.6 Å². The molecule has 3 nitrogen and oxygen atoms in total. The van der Waals surface area contributed by atoms with Crippen LogP contribution in [0, 0.1) is 12.7 Å². The SMILES string of the molecule is COc1c(F)cc(C(C)CO)c(C)c1OC. The Morgan fingerprint density at radius 1 is 1.31 bits per heavy atom. The normalized spacial score (nSPS) is 12.4. The van der Waals surface area contributed by atoms with E-state index >= 15 is 0 Å². The Labute approximate surface area is 94.8 Å². The van der Waals surface area contributed by atoms with Gasteiger partial charge in [0.05, 0.1) is 14.2 Å². The van der Waals surface area contributed by atoms with Gasteiger partial charge in [0.25, 0.3) is 0 Å². The van der Waals surface area contributed by atoms with E-state index in [2.05, 4.69) is 0 Å². The number of aliphatic hydroxyl groups excluding tert-OH is 1. The van der Waals surface area contributed by atoms with Gasteiger partial charge in [-0.2, -0.15) is 0 Å². The molecule has 1 aromatic carbocycles. The van der Waals surface area contributed by atoms with Crippen molar-refractivity contribution in [1.29, 1.82) is 0 Å². The van der Waals surface area contributed by atoms with Crippen LogP contribution in [0.15, 0.2) is 6.07 Å². The lowest BCUT2D eigenvalue weighted by molar-refractivity contribution is 0.271. The molecule has 0 saturated heterocycles. The van der Waals surface area contributed by atoms with Crippen LogP contribution in [0.2, 0.25) is 0 Å². The summed E-state index contributed by atoms with van der Waals surface area (Å²) in [5.74, 6) is -0.110. The minimum Gasteiger partial charge on any atom is -0.492 e. The van der Waals surface area contributed by atoms with Crippen molar-refractivity contribution >= 4 is 0 Å². The van der Waals surface area contributed by atoms with E-state index in [0.29, 0.717) is 5.75 Å². The van der Waals surface area contributed by atoms with Crippen LogP contribution in [0.5, 0.6) is 11.5 Å². The van der Waals surface area contributed by atoms with Crippen molar-refractivity contribution in [3.8, 4) is 11.5 Å². The van der Waals surface area contributed by atoms with Gasteiger partial charge in [-0.15, -0.1) is 0 Å². The van der Waals surface area contributed by atoms with Gasteiger partial charge in [-0.05, 0) is 24.1 Å². The average Bonchev–Trinajstić information content (AvgIpc) is 2.29. The zero-order valence-electron chi connectivity index (χ0n) is 10.0. The van der Waals surface area contributed by atoms with Gasteiger partial charge in [-0.3, -0.25) is 0 Å². The number of rotatable bonds is 4. The van der Waals surface area contributed by atoms with Gasteiger partial charge >= 0.3 is 0 Å². The monoisotopic (exact) mass is 228 g/mol. The Bertz CT molecular complexity index is 377. The standard InChI is InChI=1S/C12H17FO3/c1-7(6-14)9-5-10(13)12(16-4)11(15-3)8(9)2/h5,7,14H,6H2,1-4H3. The third kappa shape index (κ3) is 2.11. The Balaban J connectivity index is 3.39. The Kier molecular flexibility index (Phi) is 4.12. The average molecular weight is 228 g/mol. The third-order valence-corrected chi connectivity index (χ3v) is 2.69. The molecule has 0 aliphatic heterocycles. The summed E-state index contributed by atoms with van der Waals surface area (Å²) in [4.78, 5) is 0. The first-order chi connectivity index (χ1) is 7.56. The molecule has 0 bridgehead atoms. The molecule has 0 saturated carbocycles. The molecule has 0 aliphatic rings. The number of ether oxygens (including phenoxy) is 2. The Morgan fingerprint density at radius 2 is 1.88 bits per heavy atom. The van der Waals surface area contributed by atoms with Crippen molar-refractivity contribution in [1.82, 2.24) is 0 Å². The van der Waals surface area contributed by atoms with Crippen molar-refractivity contribution in [2.75, 3.05) is 20.8 Å². The molecule has 1 atom stereocenters. The van der Waals surface area contributed by atoms with Crippen LogP contribution in [0.4, 0.5) is 4.39 Å². The van der Waals surface area contributed by atoms with E-state index in [-0.39, 0.29) is 18.3 Å². The molecule has 1 unspecified atom stereocenters. The minimum absolute atomic E-state index is 0.0320. The van der Waals surface area contributed by atoms with Gasteiger partial charge in [0, 0.05) is 12.5 Å². The lowest BCUT2D eigenvalue weighted by Crippen LogP contribution is -2.05. The van der Waals surface area contributed by atoms with Crippen LogP contribution < -0.4 is 9.47 Å². The van der Waals surface area contributed by atoms with Gasteiger partial charge in [-0.1, -0.05) is 6.92 Å². The quantitative estimate of drug-likeness (QED) is 0.859. The predicted octanol–water partition coefficient (Wildman–Crippen LogP) is 2.25. The molecule has 0 aromatic heterocycles. The summed E-state index contributed by atoms with van der Waals surface area (Å²) >= 11 is 0. The molecule has 16 heavy (non-hydrogen) atoms. The largest absolute Gasteiger partial charge is 0.492 e. The summed E-state index contributed by atoms with van der Waals surface area (Å²) in [5, 5.41) is 9.10. The highest BCUT2D eigenvalue weighted by molar-refractivity contribution is 5.52. The highest BCUT2D eigenvalue weighted by Crippen LogP contribution is 2.38. The maximum Gasteiger partial charge on any atom is 0.197 e. The first-order valence-corrected chi connectivity index (χ1v) is 5.08. The number of methoxy groups -OCH3 is 2. The van der Waals surface area contributed by atoms with Crippen molar-refractivity contribution in [3.63, 3.8) is 0 Å². The molecule has 0 radical (unpaired) electrons. The van der Waals surface area contributed by atoms with E-state index in [0.717, 1.165) is 11.1 Å². The molecule has 1 N–H and O–H groups in total. The zero-order valence-corrected chi connectivity index (χ0v) is 10.0. The molecule has 0 aliphatic carbocycles. The lowest BCUT2D eigenvalue weighted by atomic mass is 9.96. The second-order valence-electron chi connectivity index (χ2n) is 3.72. The number of benzene rings is 1. The van der Waals surface area contributed by atoms with Gasteiger partial charge in [0.15, 0.2) is 17.3 Å². The van der Waals surface area contributed by atoms with Gasteiger partial charge < -0.3 is 14.6 Å². The molecular formula is C12H17FO3. The predicted molar refractivity (Wildman–Crippen MR) is 59.7 cm³/mol. The summed E-state index contributed by atoms with van der Waals surface area (Å²) in [6.45, 7) is 3.62. The van der Waals surface area contributed by atoms with Crippen molar-refractivity contribution < 1.29 is 19.0 Å². The number of halogens is 1. The van der Waals surface area contributed by atoms with Crippen LogP contribution in [-0.4, -0.2) is 25.9 Å². The molecule has 0 fully saturated rings. The molecule has 0 spiro atoms. The summed E-state index contributed by atoms with van der Waals surface area (Å²) in [7, 11) is 2.87. The molecule has 0 amide bonds. The lowest BCUT2D eigenvalue weighted by Gasteiger charge is -2.18. The van der Waals surface area contributed by atoms with Crippen LogP contribution >= 0.6 is 0 Å². The molecular weight excluding hydrogens is 211 g/mol. The molecule has 1 aromatic rings. The van der Waals surface area contributed by atoms with E-state index in [1.165, 1.54) is 20.3 Å². The second-order valence-corrected chi connectivity index (χ2v) is 3.72. The van der Waals surface area contributed by atoms with E-state index < -0.39 is 5.82 Å². The van der Waals surface area contributed by atoms with Crippen LogP contribution in [0.3, 0.4) is 0 Å². The maximum absolute atomic E-state index is 13.7. The topological polar surface area (TPSA) is 38.7 Å². The molecule has 0 heterocycles. The number of hydrogen-bond acceptors (Lipinski definition) is 3. The van der Waals surface area contributed by atoms with Gasteiger partial charge in [0.2, 0.25) is 0 Å². The highest BCUT2D eigenvalue weighted by Gasteiger charge is 2.19. The van der Waals surface area contributed by atoms with Crippen LogP contribution in [0.25, 0.3) is 0 Å². The summed E-state index contributed by atoms with van der Waals surface area (Å²) < 4.78 is 23.8. The van der Waals surface area contributed by atoms with Crippen molar-refractivity contribution in [2.24, 2.45) is 0 Å². The van der Waals surface area contributed by atoms with Gasteiger partial charge in [0.1, 0.15) is 0 Å². The summed E-state index contributed by atoms with van der Waals surface area (Å²) in [6, 6.07) is 1.39. The number of hydrogen-bond donors (Lipinski definition) is 1. The third-order valence-electron chi connectivity index (χ3n) is 2.69. The maximum atomic E-state index is 13.7. The minimum atomic E-state index is -0.472. The Hall–Kier alpha value is -1.29. The van der Waals surface area contributed by atoms with E-state index in [1.807, 2.05) is 13.8 Å². The van der Waals surface area contributed by atoms with Crippen molar-refractivity contribution in [3.05, 3.63) is 23.0 Å². The van der Waals surface area contributed by atoms with Crippen molar-refractivity contribution in [2.45, 2.75) is 19.8 Å². The molecule has 4 heteroatoms. The smallest absolute Gasteiger partial charge is 0.197 e. The van der Waals surface area contributed by atoms with E-state index in [9.17, 15) is 4.39 Å². The fourth-order valence-corrected chi connectivity index (χ4v) is 1.77.